The predicted octanol–water partition coefficient (Wildman–Crippen LogP) is 3.46. The molecule has 27 heavy (non-hydrogen) atoms. The first-order chi connectivity index (χ1) is 12.8. The zero-order chi connectivity index (χ0) is 19.4. The number of hydrogen-bond acceptors (Lipinski definition) is 4. The molecule has 3 rings (SSSR count). The van der Waals surface area contributed by atoms with Crippen LogP contribution in [-0.2, 0) is 27.9 Å². The van der Waals surface area contributed by atoms with E-state index in [2.05, 4.69) is 0 Å². The van der Waals surface area contributed by atoms with Crippen molar-refractivity contribution >= 4 is 21.5 Å². The van der Waals surface area contributed by atoms with Crippen molar-refractivity contribution in [3.05, 3.63) is 57.8 Å². The van der Waals surface area contributed by atoms with E-state index in [0.717, 1.165) is 10.4 Å². The van der Waals surface area contributed by atoms with Crippen LogP contribution in [0, 0.1) is 6.92 Å². The lowest BCUT2D eigenvalue weighted by atomic mass is 10.1. The molecule has 1 fully saturated rings. The lowest BCUT2D eigenvalue weighted by Gasteiger charge is -2.37. The molecule has 0 radical (unpaired) electrons. The van der Waals surface area contributed by atoms with Crippen molar-refractivity contribution in [1.29, 1.82) is 0 Å². The standard InChI is InChI=1S/C20H28N2O3S2/c1-16-13-22(14-17(2)25-16)27(23,24)21(15-20-10-9-18(3)26-20)12-11-19-7-5-4-6-8-19/h4-10,16-17H,11-15H2,1-3H3/t16-,17-/m1/s1. The average molecular weight is 409 g/mol. The van der Waals surface area contributed by atoms with Crippen molar-refractivity contribution in [1.82, 2.24) is 8.61 Å². The molecule has 7 heteroatoms. The van der Waals surface area contributed by atoms with Crippen molar-refractivity contribution < 1.29 is 13.2 Å². The van der Waals surface area contributed by atoms with Crippen molar-refractivity contribution in [2.24, 2.45) is 0 Å². The Hall–Kier alpha value is -1.25. The molecule has 148 valence electrons. The number of benzene rings is 1. The molecule has 1 aliphatic heterocycles. The second-order valence-electron chi connectivity index (χ2n) is 7.16. The summed E-state index contributed by atoms with van der Waals surface area (Å²) in [5.41, 5.74) is 1.14. The highest BCUT2D eigenvalue weighted by atomic mass is 32.2. The lowest BCUT2D eigenvalue weighted by molar-refractivity contribution is -0.0455. The Morgan fingerprint density at radius 1 is 1.11 bits per heavy atom. The maximum absolute atomic E-state index is 13.4. The molecular weight excluding hydrogens is 380 g/mol. The van der Waals surface area contributed by atoms with E-state index in [1.165, 1.54) is 4.88 Å². The van der Waals surface area contributed by atoms with Gasteiger partial charge in [0, 0.05) is 35.9 Å². The predicted molar refractivity (Wildman–Crippen MR) is 110 cm³/mol. The average Bonchev–Trinajstić information content (AvgIpc) is 3.03. The lowest BCUT2D eigenvalue weighted by Crippen LogP contribution is -2.53. The quantitative estimate of drug-likeness (QED) is 0.705. The first-order valence-corrected chi connectivity index (χ1v) is 11.6. The van der Waals surface area contributed by atoms with Crippen molar-refractivity contribution in [3.63, 3.8) is 0 Å². The van der Waals surface area contributed by atoms with Crippen LogP contribution in [0.1, 0.15) is 29.2 Å². The maximum Gasteiger partial charge on any atom is 0.282 e. The van der Waals surface area contributed by atoms with Gasteiger partial charge in [-0.25, -0.2) is 0 Å². The molecular formula is C20H28N2O3S2. The van der Waals surface area contributed by atoms with E-state index in [1.54, 1.807) is 19.9 Å². The van der Waals surface area contributed by atoms with Crippen LogP contribution in [0.5, 0.6) is 0 Å². The summed E-state index contributed by atoms with van der Waals surface area (Å²) in [6, 6.07) is 14.1. The molecule has 1 aliphatic rings. The summed E-state index contributed by atoms with van der Waals surface area (Å²) in [6.07, 6.45) is 0.506. The fraction of sp³-hybridized carbons (Fsp3) is 0.500. The van der Waals surface area contributed by atoms with E-state index in [0.29, 0.717) is 32.6 Å². The summed E-state index contributed by atoms with van der Waals surface area (Å²) in [5, 5.41) is 0. The van der Waals surface area contributed by atoms with E-state index >= 15 is 0 Å². The SMILES string of the molecule is Cc1ccc(CN(CCc2ccccc2)S(=O)(=O)N2C[C@@H](C)O[C@H](C)C2)s1. The van der Waals surface area contributed by atoms with Gasteiger partial charge in [0.15, 0.2) is 0 Å². The third kappa shape index (κ3) is 5.39. The van der Waals surface area contributed by atoms with E-state index in [9.17, 15) is 8.42 Å². The minimum atomic E-state index is -3.56. The molecule has 1 saturated heterocycles. The summed E-state index contributed by atoms with van der Waals surface area (Å²) in [6.45, 7) is 7.57. The summed E-state index contributed by atoms with van der Waals surface area (Å²) < 4.78 is 35.7. The van der Waals surface area contributed by atoms with E-state index in [-0.39, 0.29) is 12.2 Å². The van der Waals surface area contributed by atoms with Gasteiger partial charge in [0.05, 0.1) is 12.2 Å². The third-order valence-electron chi connectivity index (χ3n) is 4.66. The topological polar surface area (TPSA) is 49.9 Å². The largest absolute Gasteiger partial charge is 0.373 e. The van der Waals surface area contributed by atoms with Crippen LogP contribution >= 0.6 is 11.3 Å². The van der Waals surface area contributed by atoms with Crippen LogP contribution in [0.3, 0.4) is 0 Å². The van der Waals surface area contributed by atoms with Crippen LogP contribution in [0.25, 0.3) is 0 Å². The summed E-state index contributed by atoms with van der Waals surface area (Å²) in [7, 11) is -3.56. The van der Waals surface area contributed by atoms with Crippen LogP contribution in [-0.4, -0.2) is 48.9 Å². The second kappa shape index (κ2) is 8.84. The van der Waals surface area contributed by atoms with Crippen LogP contribution < -0.4 is 0 Å². The number of rotatable bonds is 7. The van der Waals surface area contributed by atoms with Gasteiger partial charge in [-0.2, -0.15) is 17.0 Å². The first kappa shape index (κ1) is 20.5. The number of nitrogens with zero attached hydrogens (tertiary/aromatic N) is 2. The monoisotopic (exact) mass is 408 g/mol. The summed E-state index contributed by atoms with van der Waals surface area (Å²) >= 11 is 1.65. The van der Waals surface area contributed by atoms with E-state index < -0.39 is 10.2 Å². The fourth-order valence-corrected chi connectivity index (χ4v) is 6.14. The van der Waals surface area contributed by atoms with Crippen LogP contribution in [0.4, 0.5) is 0 Å². The highest BCUT2D eigenvalue weighted by molar-refractivity contribution is 7.86. The van der Waals surface area contributed by atoms with Crippen LogP contribution in [0.2, 0.25) is 0 Å². The molecule has 1 aromatic carbocycles. The van der Waals surface area contributed by atoms with Gasteiger partial charge in [-0.15, -0.1) is 11.3 Å². The molecule has 0 unspecified atom stereocenters. The molecule has 1 aromatic heterocycles. The molecule has 0 aliphatic carbocycles. The van der Waals surface area contributed by atoms with E-state index in [4.69, 9.17) is 4.74 Å². The first-order valence-electron chi connectivity index (χ1n) is 9.34. The van der Waals surface area contributed by atoms with Gasteiger partial charge in [-0.1, -0.05) is 30.3 Å². The van der Waals surface area contributed by atoms with Crippen LogP contribution in [0.15, 0.2) is 42.5 Å². The van der Waals surface area contributed by atoms with E-state index in [1.807, 2.05) is 63.2 Å². The molecule has 0 amide bonds. The number of aryl methyl sites for hydroxylation is 1. The van der Waals surface area contributed by atoms with Gasteiger partial charge in [0.1, 0.15) is 0 Å². The van der Waals surface area contributed by atoms with Gasteiger partial charge < -0.3 is 4.74 Å². The molecule has 2 heterocycles. The summed E-state index contributed by atoms with van der Waals surface area (Å²) in [4.78, 5) is 2.26. The minimum Gasteiger partial charge on any atom is -0.373 e. The molecule has 5 nitrogen and oxygen atoms in total. The number of hydrogen-bond donors (Lipinski definition) is 0. The zero-order valence-electron chi connectivity index (χ0n) is 16.2. The Bertz CT molecular complexity index is 826. The van der Waals surface area contributed by atoms with Crippen molar-refractivity contribution in [2.45, 2.75) is 45.9 Å². The molecule has 0 N–H and O–H groups in total. The highest BCUT2D eigenvalue weighted by Crippen LogP contribution is 2.23. The smallest absolute Gasteiger partial charge is 0.282 e. The Kier molecular flexibility index (Phi) is 6.70. The number of thiophene rings is 1. The Morgan fingerprint density at radius 2 is 1.78 bits per heavy atom. The molecule has 0 bridgehead atoms. The van der Waals surface area contributed by atoms with Crippen molar-refractivity contribution in [3.8, 4) is 0 Å². The molecule has 2 atom stereocenters. The van der Waals surface area contributed by atoms with Gasteiger partial charge >= 0.3 is 0 Å². The molecule has 2 aromatic rings. The number of ether oxygens (including phenoxy) is 1. The number of morpholine rings is 1. The highest BCUT2D eigenvalue weighted by Gasteiger charge is 2.35. The normalized spacial score (nSPS) is 21.6. The second-order valence-corrected chi connectivity index (χ2v) is 10.5. The Morgan fingerprint density at radius 3 is 2.37 bits per heavy atom. The zero-order valence-corrected chi connectivity index (χ0v) is 17.8. The third-order valence-corrected chi connectivity index (χ3v) is 7.56. The molecule has 0 spiro atoms. The van der Waals surface area contributed by atoms with Gasteiger partial charge in [-0.3, -0.25) is 0 Å². The molecule has 0 saturated carbocycles. The Labute approximate surface area is 166 Å². The van der Waals surface area contributed by atoms with Gasteiger partial charge in [-0.05, 0) is 44.9 Å². The fourth-order valence-electron chi connectivity index (χ4n) is 3.40. The Balaban J connectivity index is 1.80. The minimum absolute atomic E-state index is 0.0940. The van der Waals surface area contributed by atoms with Gasteiger partial charge in [0.2, 0.25) is 0 Å². The maximum atomic E-state index is 13.4. The van der Waals surface area contributed by atoms with Gasteiger partial charge in [0.25, 0.3) is 10.2 Å². The summed E-state index contributed by atoms with van der Waals surface area (Å²) in [5.74, 6) is 0. The van der Waals surface area contributed by atoms with Crippen molar-refractivity contribution in [2.75, 3.05) is 19.6 Å².